The molecule has 110 valence electrons. The summed E-state index contributed by atoms with van der Waals surface area (Å²) >= 11 is 0. The second-order valence-electron chi connectivity index (χ2n) is 4.77. The Morgan fingerprint density at radius 3 is 2.86 bits per heavy atom. The Morgan fingerprint density at radius 2 is 2.14 bits per heavy atom. The summed E-state index contributed by atoms with van der Waals surface area (Å²) < 4.78 is 7.31. The SMILES string of the molecule is C/C(=N/O)c1cc(C)ccc1OCCn1ccccc1=O. The molecule has 0 aliphatic rings. The highest BCUT2D eigenvalue weighted by Gasteiger charge is 2.08. The molecule has 0 amide bonds. The van der Waals surface area contributed by atoms with E-state index in [-0.39, 0.29) is 5.56 Å². The van der Waals surface area contributed by atoms with E-state index in [1.54, 1.807) is 29.8 Å². The Bertz CT molecular complexity index is 705. The molecular weight excluding hydrogens is 268 g/mol. The molecule has 0 aliphatic carbocycles. The van der Waals surface area contributed by atoms with E-state index in [1.807, 2.05) is 25.1 Å². The first-order valence-electron chi connectivity index (χ1n) is 6.70. The zero-order valence-electron chi connectivity index (χ0n) is 12.1. The second kappa shape index (κ2) is 6.74. The number of rotatable bonds is 5. The molecule has 0 bridgehead atoms. The van der Waals surface area contributed by atoms with Crippen molar-refractivity contribution in [3.63, 3.8) is 0 Å². The van der Waals surface area contributed by atoms with Crippen molar-refractivity contribution in [2.75, 3.05) is 6.61 Å². The summed E-state index contributed by atoms with van der Waals surface area (Å²) in [6, 6.07) is 10.7. The highest BCUT2D eigenvalue weighted by atomic mass is 16.5. The van der Waals surface area contributed by atoms with Crippen LogP contribution in [-0.2, 0) is 6.54 Å². The van der Waals surface area contributed by atoms with Crippen molar-refractivity contribution in [2.45, 2.75) is 20.4 Å². The Morgan fingerprint density at radius 1 is 1.33 bits per heavy atom. The van der Waals surface area contributed by atoms with E-state index in [1.165, 1.54) is 6.07 Å². The summed E-state index contributed by atoms with van der Waals surface area (Å²) in [5, 5.41) is 12.2. The smallest absolute Gasteiger partial charge is 0.250 e. The third kappa shape index (κ3) is 3.72. The maximum Gasteiger partial charge on any atom is 0.250 e. The van der Waals surface area contributed by atoms with Crippen LogP contribution in [0.25, 0.3) is 0 Å². The highest BCUT2D eigenvalue weighted by Crippen LogP contribution is 2.21. The summed E-state index contributed by atoms with van der Waals surface area (Å²) in [6.45, 7) is 4.49. The molecule has 0 saturated carbocycles. The topological polar surface area (TPSA) is 63.8 Å². The molecule has 0 spiro atoms. The monoisotopic (exact) mass is 286 g/mol. The predicted octanol–water partition coefficient (Wildman–Crippen LogP) is 2.43. The highest BCUT2D eigenvalue weighted by molar-refractivity contribution is 6.00. The van der Waals surface area contributed by atoms with Gasteiger partial charge in [-0.3, -0.25) is 4.79 Å². The van der Waals surface area contributed by atoms with Crippen molar-refractivity contribution in [2.24, 2.45) is 5.16 Å². The van der Waals surface area contributed by atoms with Crippen molar-refractivity contribution in [3.05, 3.63) is 64.1 Å². The molecule has 0 radical (unpaired) electrons. The van der Waals surface area contributed by atoms with Gasteiger partial charge in [-0.2, -0.15) is 0 Å². The minimum Gasteiger partial charge on any atom is -0.491 e. The third-order valence-electron chi connectivity index (χ3n) is 3.16. The molecule has 5 nitrogen and oxygen atoms in total. The normalized spacial score (nSPS) is 11.4. The van der Waals surface area contributed by atoms with Crippen molar-refractivity contribution in [1.82, 2.24) is 4.57 Å². The first-order valence-corrected chi connectivity index (χ1v) is 6.70. The van der Waals surface area contributed by atoms with E-state index in [2.05, 4.69) is 5.16 Å². The molecule has 0 saturated heterocycles. The quantitative estimate of drug-likeness (QED) is 0.521. The molecule has 1 N–H and O–H groups in total. The van der Waals surface area contributed by atoms with Crippen LogP contribution in [0.4, 0.5) is 0 Å². The molecular formula is C16H18N2O3. The number of oxime groups is 1. The van der Waals surface area contributed by atoms with Crippen molar-refractivity contribution >= 4 is 5.71 Å². The average Bonchev–Trinajstić information content (AvgIpc) is 2.49. The van der Waals surface area contributed by atoms with Crippen LogP contribution in [0.5, 0.6) is 5.75 Å². The van der Waals surface area contributed by atoms with Crippen LogP contribution >= 0.6 is 0 Å². The molecule has 0 unspecified atom stereocenters. The summed E-state index contributed by atoms with van der Waals surface area (Å²) in [7, 11) is 0. The molecule has 0 fully saturated rings. The maximum atomic E-state index is 11.6. The van der Waals surface area contributed by atoms with Gasteiger partial charge in [0.15, 0.2) is 0 Å². The van der Waals surface area contributed by atoms with E-state index in [0.29, 0.717) is 24.6 Å². The van der Waals surface area contributed by atoms with Gasteiger partial charge in [0.25, 0.3) is 5.56 Å². The Hall–Kier alpha value is -2.56. The minimum absolute atomic E-state index is 0.0571. The minimum atomic E-state index is -0.0571. The van der Waals surface area contributed by atoms with E-state index in [4.69, 9.17) is 9.94 Å². The van der Waals surface area contributed by atoms with Crippen LogP contribution in [0.15, 0.2) is 52.5 Å². The van der Waals surface area contributed by atoms with Crippen LogP contribution < -0.4 is 10.3 Å². The van der Waals surface area contributed by atoms with Gasteiger partial charge < -0.3 is 14.5 Å². The van der Waals surface area contributed by atoms with Gasteiger partial charge in [0.2, 0.25) is 0 Å². The molecule has 21 heavy (non-hydrogen) atoms. The molecule has 1 aromatic carbocycles. The summed E-state index contributed by atoms with van der Waals surface area (Å²) in [4.78, 5) is 11.6. The molecule has 1 aromatic heterocycles. The average molecular weight is 286 g/mol. The molecule has 0 aliphatic heterocycles. The lowest BCUT2D eigenvalue weighted by Gasteiger charge is -2.12. The van der Waals surface area contributed by atoms with E-state index in [0.717, 1.165) is 11.1 Å². The van der Waals surface area contributed by atoms with Crippen molar-refractivity contribution < 1.29 is 9.94 Å². The lowest BCUT2D eigenvalue weighted by atomic mass is 10.1. The maximum absolute atomic E-state index is 11.6. The molecule has 2 rings (SSSR count). The van der Waals surface area contributed by atoms with Gasteiger partial charge in [-0.25, -0.2) is 0 Å². The number of aryl methyl sites for hydroxylation is 1. The van der Waals surface area contributed by atoms with Gasteiger partial charge in [0.1, 0.15) is 12.4 Å². The fraction of sp³-hybridized carbons (Fsp3) is 0.250. The van der Waals surface area contributed by atoms with Crippen molar-refractivity contribution in [1.29, 1.82) is 0 Å². The van der Waals surface area contributed by atoms with Crippen LogP contribution in [0.1, 0.15) is 18.1 Å². The number of hydrogen-bond donors (Lipinski definition) is 1. The lowest BCUT2D eigenvalue weighted by Crippen LogP contribution is -2.21. The first-order chi connectivity index (χ1) is 10.1. The first kappa shape index (κ1) is 14.8. The summed E-state index contributed by atoms with van der Waals surface area (Å²) in [5.74, 6) is 0.639. The van der Waals surface area contributed by atoms with Crippen LogP contribution in [0, 0.1) is 6.92 Å². The zero-order chi connectivity index (χ0) is 15.2. The van der Waals surface area contributed by atoms with E-state index < -0.39 is 0 Å². The number of hydrogen-bond acceptors (Lipinski definition) is 4. The number of ether oxygens (including phenoxy) is 1. The fourth-order valence-corrected chi connectivity index (χ4v) is 2.01. The number of benzene rings is 1. The van der Waals surface area contributed by atoms with Gasteiger partial charge >= 0.3 is 0 Å². The molecule has 0 atom stereocenters. The fourth-order valence-electron chi connectivity index (χ4n) is 2.01. The summed E-state index contributed by atoms with van der Waals surface area (Å²) in [6.07, 6.45) is 1.72. The van der Waals surface area contributed by atoms with Crippen molar-refractivity contribution in [3.8, 4) is 5.75 Å². The predicted molar refractivity (Wildman–Crippen MR) is 81.4 cm³/mol. The van der Waals surface area contributed by atoms with Gasteiger partial charge in [-0.15, -0.1) is 0 Å². The zero-order valence-corrected chi connectivity index (χ0v) is 12.1. The Kier molecular flexibility index (Phi) is 4.77. The number of pyridine rings is 1. The summed E-state index contributed by atoms with van der Waals surface area (Å²) in [5.41, 5.74) is 2.24. The standard InChI is InChI=1S/C16H18N2O3/c1-12-6-7-15(14(11-12)13(2)17-20)21-10-9-18-8-4-3-5-16(18)19/h3-8,11,20H,9-10H2,1-2H3/b17-13-. The molecule has 1 heterocycles. The lowest BCUT2D eigenvalue weighted by molar-refractivity contribution is 0.294. The number of nitrogens with zero attached hydrogens (tertiary/aromatic N) is 2. The molecule has 5 heteroatoms. The van der Waals surface area contributed by atoms with Crippen LogP contribution in [-0.4, -0.2) is 22.1 Å². The van der Waals surface area contributed by atoms with Crippen LogP contribution in [0.3, 0.4) is 0 Å². The number of aromatic nitrogens is 1. The third-order valence-corrected chi connectivity index (χ3v) is 3.16. The van der Waals surface area contributed by atoms with E-state index in [9.17, 15) is 4.79 Å². The van der Waals surface area contributed by atoms with Gasteiger partial charge in [-0.1, -0.05) is 22.9 Å². The van der Waals surface area contributed by atoms with Gasteiger partial charge in [-0.05, 0) is 32.0 Å². The Labute approximate surface area is 123 Å². The Balaban J connectivity index is 2.10. The molecule has 2 aromatic rings. The van der Waals surface area contributed by atoms with Gasteiger partial charge in [0, 0.05) is 17.8 Å². The van der Waals surface area contributed by atoms with Crippen LogP contribution in [0.2, 0.25) is 0 Å². The van der Waals surface area contributed by atoms with E-state index >= 15 is 0 Å². The van der Waals surface area contributed by atoms with Gasteiger partial charge in [0.05, 0.1) is 12.3 Å². The second-order valence-corrected chi connectivity index (χ2v) is 4.77. The largest absolute Gasteiger partial charge is 0.491 e.